The van der Waals surface area contributed by atoms with Gasteiger partial charge >= 0.3 is 0 Å². The molecule has 0 N–H and O–H groups in total. The fraction of sp³-hybridized carbons (Fsp3) is 0.458. The molecule has 0 bridgehead atoms. The highest BCUT2D eigenvalue weighted by Crippen LogP contribution is 2.40. The lowest BCUT2D eigenvalue weighted by Gasteiger charge is -2.24. The molecular formula is C24H32Cl2N2O4. The molecule has 2 rings (SSSR count). The van der Waals surface area contributed by atoms with Gasteiger partial charge in [0, 0.05) is 19.5 Å². The van der Waals surface area contributed by atoms with Gasteiger partial charge in [0.15, 0.2) is 11.5 Å². The number of ether oxygens (including phenoxy) is 3. The lowest BCUT2D eigenvalue weighted by molar-refractivity contribution is -0.131. The highest BCUT2D eigenvalue weighted by atomic mass is 35.5. The maximum atomic E-state index is 13.2. The minimum atomic E-state index is 0.0617. The molecule has 0 heterocycles. The monoisotopic (exact) mass is 482 g/mol. The van der Waals surface area contributed by atoms with Crippen molar-refractivity contribution in [2.24, 2.45) is 0 Å². The molecule has 6 nitrogen and oxygen atoms in total. The van der Waals surface area contributed by atoms with Crippen molar-refractivity contribution in [2.75, 3.05) is 48.5 Å². The van der Waals surface area contributed by atoms with E-state index >= 15 is 0 Å². The predicted molar refractivity (Wildman–Crippen MR) is 129 cm³/mol. The third-order valence-corrected chi connectivity index (χ3v) is 5.88. The molecule has 0 unspecified atom stereocenters. The molecule has 2 aromatic carbocycles. The number of hydrogen-bond acceptors (Lipinski definition) is 5. The number of aryl methyl sites for hydroxylation is 1. The first-order valence-corrected chi connectivity index (χ1v) is 11.2. The minimum absolute atomic E-state index is 0.0617. The average molecular weight is 483 g/mol. The molecule has 0 saturated carbocycles. The summed E-state index contributed by atoms with van der Waals surface area (Å²) in [5.74, 6) is 1.76. The number of halogens is 2. The quantitative estimate of drug-likeness (QED) is 0.429. The Morgan fingerprint density at radius 1 is 0.906 bits per heavy atom. The second-order valence-corrected chi connectivity index (χ2v) is 8.53. The molecule has 0 aliphatic carbocycles. The Morgan fingerprint density at radius 3 is 2.22 bits per heavy atom. The van der Waals surface area contributed by atoms with Gasteiger partial charge in [0.05, 0.1) is 31.4 Å². The van der Waals surface area contributed by atoms with Crippen molar-refractivity contribution in [1.29, 1.82) is 0 Å². The highest BCUT2D eigenvalue weighted by Gasteiger charge is 2.19. The summed E-state index contributed by atoms with van der Waals surface area (Å²) in [4.78, 5) is 17.2. The van der Waals surface area contributed by atoms with Crippen LogP contribution in [0.2, 0.25) is 10.0 Å². The largest absolute Gasteiger partial charge is 0.493 e. The van der Waals surface area contributed by atoms with Gasteiger partial charge in [0.2, 0.25) is 11.7 Å². The first-order valence-electron chi connectivity index (χ1n) is 10.4. The Balaban J connectivity index is 2.15. The third kappa shape index (κ3) is 7.19. The van der Waals surface area contributed by atoms with Gasteiger partial charge in [-0.25, -0.2) is 0 Å². The standard InChI is InChI=1S/C24H32Cl2N2O4/c1-27(2)13-6-14-28(16-17-7-10-19(25)20(26)15-17)22(29)12-9-18-8-11-21(30-3)24(32-5)23(18)31-4/h7-8,10-11,15H,6,9,12-14,16H2,1-5H3. The topological polar surface area (TPSA) is 51.2 Å². The lowest BCUT2D eigenvalue weighted by atomic mass is 10.1. The van der Waals surface area contributed by atoms with Crippen LogP contribution in [-0.4, -0.2) is 64.2 Å². The highest BCUT2D eigenvalue weighted by molar-refractivity contribution is 6.42. The van der Waals surface area contributed by atoms with Crippen LogP contribution in [0.25, 0.3) is 0 Å². The van der Waals surface area contributed by atoms with E-state index in [9.17, 15) is 4.79 Å². The molecule has 0 radical (unpaired) electrons. The van der Waals surface area contributed by atoms with Gasteiger partial charge in [-0.2, -0.15) is 0 Å². The minimum Gasteiger partial charge on any atom is -0.493 e. The fourth-order valence-corrected chi connectivity index (χ4v) is 3.81. The van der Waals surface area contributed by atoms with Crippen LogP contribution in [-0.2, 0) is 17.8 Å². The van der Waals surface area contributed by atoms with Crippen LogP contribution in [0.4, 0.5) is 0 Å². The molecule has 0 aromatic heterocycles. The van der Waals surface area contributed by atoms with E-state index in [1.54, 1.807) is 27.4 Å². The van der Waals surface area contributed by atoms with Gasteiger partial charge in [-0.1, -0.05) is 35.3 Å². The van der Waals surface area contributed by atoms with Crippen LogP contribution >= 0.6 is 23.2 Å². The number of carbonyl (C=O) groups is 1. The molecule has 1 amide bonds. The van der Waals surface area contributed by atoms with E-state index in [2.05, 4.69) is 4.90 Å². The smallest absolute Gasteiger partial charge is 0.223 e. The Hall–Kier alpha value is -2.15. The van der Waals surface area contributed by atoms with Crippen molar-refractivity contribution >= 4 is 29.1 Å². The number of nitrogens with zero attached hydrogens (tertiary/aromatic N) is 2. The zero-order chi connectivity index (χ0) is 23.7. The number of carbonyl (C=O) groups excluding carboxylic acids is 1. The van der Waals surface area contributed by atoms with E-state index in [4.69, 9.17) is 37.4 Å². The molecule has 32 heavy (non-hydrogen) atoms. The van der Waals surface area contributed by atoms with Crippen LogP contribution in [0, 0.1) is 0 Å². The van der Waals surface area contributed by atoms with Crippen molar-refractivity contribution < 1.29 is 19.0 Å². The number of rotatable bonds is 12. The molecular weight excluding hydrogens is 451 g/mol. The van der Waals surface area contributed by atoms with E-state index in [1.807, 2.05) is 43.3 Å². The SMILES string of the molecule is COc1ccc(CCC(=O)N(CCCN(C)C)Cc2ccc(Cl)c(Cl)c2)c(OC)c1OC. The Kier molecular flexibility index (Phi) is 10.4. The first kappa shape index (κ1) is 26.1. The molecule has 0 spiro atoms. The fourth-order valence-electron chi connectivity index (χ4n) is 3.49. The molecule has 0 saturated heterocycles. The lowest BCUT2D eigenvalue weighted by Crippen LogP contribution is -2.33. The summed E-state index contributed by atoms with van der Waals surface area (Å²) in [6.07, 6.45) is 1.74. The first-order chi connectivity index (χ1) is 15.3. The van der Waals surface area contributed by atoms with Crippen molar-refractivity contribution in [2.45, 2.75) is 25.8 Å². The number of hydrogen-bond donors (Lipinski definition) is 0. The zero-order valence-corrected chi connectivity index (χ0v) is 20.9. The van der Waals surface area contributed by atoms with Crippen LogP contribution in [0.5, 0.6) is 17.2 Å². The van der Waals surface area contributed by atoms with Crippen molar-refractivity contribution in [3.05, 3.63) is 51.5 Å². The molecule has 0 aliphatic rings. The summed E-state index contributed by atoms with van der Waals surface area (Å²) in [5.41, 5.74) is 1.84. The van der Waals surface area contributed by atoms with Crippen molar-refractivity contribution in [1.82, 2.24) is 9.80 Å². The maximum absolute atomic E-state index is 13.2. The summed E-state index contributed by atoms with van der Waals surface area (Å²) in [7, 11) is 8.78. The Bertz CT molecular complexity index is 906. The second-order valence-electron chi connectivity index (χ2n) is 7.71. The van der Waals surface area contributed by atoms with Crippen molar-refractivity contribution in [3.63, 3.8) is 0 Å². The Labute approximate surface area is 200 Å². The average Bonchev–Trinajstić information content (AvgIpc) is 2.77. The van der Waals surface area contributed by atoms with Crippen LogP contribution < -0.4 is 14.2 Å². The van der Waals surface area contributed by atoms with Crippen LogP contribution in [0.3, 0.4) is 0 Å². The number of benzene rings is 2. The van der Waals surface area contributed by atoms with Gasteiger partial charge in [-0.3, -0.25) is 4.79 Å². The van der Waals surface area contributed by atoms with Crippen LogP contribution in [0.1, 0.15) is 24.0 Å². The maximum Gasteiger partial charge on any atom is 0.223 e. The van der Waals surface area contributed by atoms with Crippen LogP contribution in [0.15, 0.2) is 30.3 Å². The van der Waals surface area contributed by atoms with Crippen molar-refractivity contribution in [3.8, 4) is 17.2 Å². The van der Waals surface area contributed by atoms with Gasteiger partial charge in [0.1, 0.15) is 0 Å². The summed E-state index contributed by atoms with van der Waals surface area (Å²) < 4.78 is 16.3. The van der Waals surface area contributed by atoms with E-state index in [0.717, 1.165) is 24.1 Å². The third-order valence-electron chi connectivity index (χ3n) is 5.14. The summed E-state index contributed by atoms with van der Waals surface area (Å²) in [5, 5.41) is 0.987. The molecule has 8 heteroatoms. The van der Waals surface area contributed by atoms with Gasteiger partial charge in [-0.15, -0.1) is 0 Å². The normalized spacial score (nSPS) is 10.9. The summed E-state index contributed by atoms with van der Waals surface area (Å²) in [6.45, 7) is 2.03. The molecule has 0 atom stereocenters. The summed E-state index contributed by atoms with van der Waals surface area (Å²) >= 11 is 12.2. The molecule has 176 valence electrons. The molecule has 2 aromatic rings. The van der Waals surface area contributed by atoms with Gasteiger partial charge in [0.25, 0.3) is 0 Å². The predicted octanol–water partition coefficient (Wildman–Crippen LogP) is 4.93. The molecule has 0 aliphatic heterocycles. The van der Waals surface area contributed by atoms with E-state index < -0.39 is 0 Å². The van der Waals surface area contributed by atoms with E-state index in [1.165, 1.54) is 0 Å². The Morgan fingerprint density at radius 2 is 1.62 bits per heavy atom. The number of amides is 1. The van der Waals surface area contributed by atoms with Gasteiger partial charge < -0.3 is 24.0 Å². The summed E-state index contributed by atoms with van der Waals surface area (Å²) in [6, 6.07) is 9.20. The second kappa shape index (κ2) is 12.8. The molecule has 0 fully saturated rings. The van der Waals surface area contributed by atoms with E-state index in [0.29, 0.717) is 53.2 Å². The number of methoxy groups -OCH3 is 3. The zero-order valence-electron chi connectivity index (χ0n) is 19.4. The van der Waals surface area contributed by atoms with E-state index in [-0.39, 0.29) is 5.91 Å². The van der Waals surface area contributed by atoms with Gasteiger partial charge in [-0.05, 0) is 62.8 Å².